The van der Waals surface area contributed by atoms with Crippen LogP contribution in [0.2, 0.25) is 0 Å². The Morgan fingerprint density at radius 2 is 0.857 bits per heavy atom. The van der Waals surface area contributed by atoms with Gasteiger partial charge in [-0.05, 0) is 25.8 Å². The van der Waals surface area contributed by atoms with E-state index in [4.69, 9.17) is 0 Å². The first-order chi connectivity index (χ1) is 13.7. The summed E-state index contributed by atoms with van der Waals surface area (Å²) in [6, 6.07) is 0. The molecule has 1 N–H and O–H groups in total. The van der Waals surface area contributed by atoms with E-state index < -0.39 is 7.14 Å². The second-order valence-electron chi connectivity index (χ2n) is 8.97. The first kappa shape index (κ1) is 28.2. The Morgan fingerprint density at radius 3 is 1.29 bits per heavy atom. The first-order valence-electron chi connectivity index (χ1n) is 13.0. The molecule has 0 unspecified atom stereocenters. The average Bonchev–Trinajstić information content (AvgIpc) is 2.69. The molecule has 0 aliphatic rings. The maximum Gasteiger partial charge on any atom is 0.101 e. The van der Waals surface area contributed by atoms with Gasteiger partial charge in [0.05, 0.1) is 0 Å². The predicted octanol–water partition coefficient (Wildman–Crippen LogP) is 8.98. The Bertz CT molecular complexity index is 325. The van der Waals surface area contributed by atoms with Crippen molar-refractivity contribution >= 4 is 7.14 Å². The zero-order chi connectivity index (χ0) is 20.8. The number of unbranched alkanes of at least 4 members (excludes halogenated alkanes) is 15. The summed E-state index contributed by atoms with van der Waals surface area (Å²) >= 11 is 0. The van der Waals surface area contributed by atoms with Gasteiger partial charge in [-0.1, -0.05) is 117 Å². The topological polar surface area (TPSA) is 29.1 Å². The van der Waals surface area contributed by atoms with Gasteiger partial charge in [0.2, 0.25) is 0 Å². The zero-order valence-corrected chi connectivity index (χ0v) is 20.8. The van der Waals surface area contributed by atoms with Gasteiger partial charge in [0.1, 0.15) is 7.14 Å². The van der Waals surface area contributed by atoms with Crippen molar-refractivity contribution in [1.82, 2.24) is 5.32 Å². The molecule has 0 heterocycles. The summed E-state index contributed by atoms with van der Waals surface area (Å²) in [5.41, 5.74) is 0. The fourth-order valence-corrected chi connectivity index (χ4v) is 6.65. The molecule has 3 heteroatoms. The first-order valence-corrected chi connectivity index (χ1v) is 15.2. The zero-order valence-electron chi connectivity index (χ0n) is 19.9. The van der Waals surface area contributed by atoms with Crippen LogP contribution in [-0.4, -0.2) is 25.2 Å². The van der Waals surface area contributed by atoms with Gasteiger partial charge in [-0.2, -0.15) is 0 Å². The largest absolute Gasteiger partial charge is 0.322 e. The van der Waals surface area contributed by atoms with Crippen molar-refractivity contribution < 1.29 is 4.57 Å². The van der Waals surface area contributed by atoms with Gasteiger partial charge in [-0.25, -0.2) is 0 Å². The van der Waals surface area contributed by atoms with Crippen molar-refractivity contribution in [3.63, 3.8) is 0 Å². The molecule has 0 aromatic carbocycles. The van der Waals surface area contributed by atoms with Crippen LogP contribution in [0.3, 0.4) is 0 Å². The molecular weight excluding hydrogens is 361 g/mol. The van der Waals surface area contributed by atoms with Crippen LogP contribution in [0.1, 0.15) is 136 Å². The second-order valence-corrected chi connectivity index (χ2v) is 12.3. The van der Waals surface area contributed by atoms with Gasteiger partial charge in [-0.3, -0.25) is 0 Å². The Hall–Kier alpha value is 0.190. The molecule has 170 valence electrons. The molecule has 28 heavy (non-hydrogen) atoms. The number of nitrogens with one attached hydrogen (secondary N) is 1. The third-order valence-electron chi connectivity index (χ3n) is 5.95. The predicted molar refractivity (Wildman–Crippen MR) is 130 cm³/mol. The van der Waals surface area contributed by atoms with Crippen molar-refractivity contribution in [2.45, 2.75) is 136 Å². The number of hydrogen-bond donors (Lipinski definition) is 1. The van der Waals surface area contributed by atoms with Crippen LogP contribution in [-0.2, 0) is 4.57 Å². The number of hydrogen-bond acceptors (Lipinski definition) is 2. The smallest absolute Gasteiger partial charge is 0.101 e. The van der Waals surface area contributed by atoms with Crippen molar-refractivity contribution in [1.29, 1.82) is 0 Å². The monoisotopic (exact) mass is 415 g/mol. The van der Waals surface area contributed by atoms with E-state index in [1.165, 1.54) is 116 Å². The van der Waals surface area contributed by atoms with Crippen LogP contribution in [0.25, 0.3) is 0 Å². The van der Waals surface area contributed by atoms with E-state index in [0.29, 0.717) is 0 Å². The fraction of sp³-hybridized carbons (Fsp3) is 1.00. The summed E-state index contributed by atoms with van der Waals surface area (Å²) in [5.74, 6) is 0. The lowest BCUT2D eigenvalue weighted by atomic mass is 10.1. The van der Waals surface area contributed by atoms with Crippen molar-refractivity contribution in [3.8, 4) is 0 Å². The van der Waals surface area contributed by atoms with Gasteiger partial charge >= 0.3 is 0 Å². The van der Waals surface area contributed by atoms with Gasteiger partial charge in [0.15, 0.2) is 0 Å². The highest BCUT2D eigenvalue weighted by atomic mass is 31.2. The second kappa shape index (κ2) is 21.9. The molecule has 0 saturated heterocycles. The van der Waals surface area contributed by atoms with E-state index in [1.54, 1.807) is 0 Å². The Labute approximate surface area is 178 Å². The molecule has 0 atom stereocenters. The van der Waals surface area contributed by atoms with E-state index in [0.717, 1.165) is 25.2 Å². The van der Waals surface area contributed by atoms with E-state index in [9.17, 15) is 4.57 Å². The van der Waals surface area contributed by atoms with Gasteiger partial charge in [-0.15, -0.1) is 0 Å². The molecule has 0 radical (unpaired) electrons. The van der Waals surface area contributed by atoms with Gasteiger partial charge < -0.3 is 9.88 Å². The van der Waals surface area contributed by atoms with E-state index >= 15 is 0 Å². The standard InChI is InChI=1S/C25H54NOP/c1-4-7-10-13-16-19-22-26-25-28(27,23-20-17-14-11-8-5-2)24-21-18-15-12-9-6-3/h26H,4-25H2,1-3H3. The van der Waals surface area contributed by atoms with Crippen molar-refractivity contribution in [3.05, 3.63) is 0 Å². The maximum absolute atomic E-state index is 13.5. The van der Waals surface area contributed by atoms with E-state index in [-0.39, 0.29) is 0 Å². The molecule has 0 fully saturated rings. The highest BCUT2D eigenvalue weighted by molar-refractivity contribution is 7.63. The lowest BCUT2D eigenvalue weighted by molar-refractivity contribution is 0.549. The molecule has 0 amide bonds. The minimum absolute atomic E-state index is 0.797. The van der Waals surface area contributed by atoms with Crippen LogP contribution in [0.4, 0.5) is 0 Å². The molecule has 0 aliphatic carbocycles. The molecular formula is C25H54NOP. The third kappa shape index (κ3) is 19.5. The van der Waals surface area contributed by atoms with E-state index in [1.807, 2.05) is 0 Å². The summed E-state index contributed by atoms with van der Waals surface area (Å²) in [5, 5.41) is 3.58. The van der Waals surface area contributed by atoms with Crippen molar-refractivity contribution in [2.75, 3.05) is 25.2 Å². The Balaban J connectivity index is 4.03. The summed E-state index contributed by atoms with van der Waals surface area (Å²) in [6.07, 6.45) is 26.4. The highest BCUT2D eigenvalue weighted by Gasteiger charge is 2.20. The minimum atomic E-state index is -2.01. The molecule has 2 nitrogen and oxygen atoms in total. The summed E-state index contributed by atoms with van der Waals surface area (Å²) < 4.78 is 13.5. The molecule has 0 spiro atoms. The van der Waals surface area contributed by atoms with Crippen LogP contribution in [0.15, 0.2) is 0 Å². The van der Waals surface area contributed by atoms with Gasteiger partial charge in [0.25, 0.3) is 0 Å². The van der Waals surface area contributed by atoms with E-state index in [2.05, 4.69) is 26.1 Å². The average molecular weight is 416 g/mol. The van der Waals surface area contributed by atoms with Crippen LogP contribution in [0, 0.1) is 0 Å². The van der Waals surface area contributed by atoms with Crippen molar-refractivity contribution in [2.24, 2.45) is 0 Å². The molecule has 0 aliphatic heterocycles. The number of rotatable bonds is 23. The lowest BCUT2D eigenvalue weighted by Gasteiger charge is -2.19. The molecule has 0 aromatic rings. The normalized spacial score (nSPS) is 12.0. The molecule has 0 bridgehead atoms. The summed E-state index contributed by atoms with van der Waals surface area (Å²) in [4.78, 5) is 0. The maximum atomic E-state index is 13.5. The van der Waals surface area contributed by atoms with Gasteiger partial charge in [0, 0.05) is 18.6 Å². The highest BCUT2D eigenvalue weighted by Crippen LogP contribution is 2.46. The van der Waals surface area contributed by atoms with Crippen LogP contribution >= 0.6 is 7.14 Å². The minimum Gasteiger partial charge on any atom is -0.322 e. The summed E-state index contributed by atoms with van der Waals surface area (Å²) in [7, 11) is -2.01. The molecule has 0 saturated carbocycles. The summed E-state index contributed by atoms with van der Waals surface area (Å²) in [6.45, 7) is 7.87. The molecule has 0 aromatic heterocycles. The fourth-order valence-electron chi connectivity index (χ4n) is 3.94. The third-order valence-corrected chi connectivity index (χ3v) is 9.01. The molecule has 0 rings (SSSR count). The Kier molecular flexibility index (Phi) is 22.0. The van der Waals surface area contributed by atoms with Crippen LogP contribution in [0.5, 0.6) is 0 Å². The SMILES string of the molecule is CCCCCCCCNCP(=O)(CCCCCCCC)CCCCCCCC. The quantitative estimate of drug-likeness (QED) is 0.133. The van der Waals surface area contributed by atoms with Crippen LogP contribution < -0.4 is 5.32 Å². The lowest BCUT2D eigenvalue weighted by Crippen LogP contribution is -2.19. The Morgan fingerprint density at radius 1 is 0.500 bits per heavy atom.